The normalized spacial score (nSPS) is 13.0. The van der Waals surface area contributed by atoms with Crippen molar-refractivity contribution in [1.82, 2.24) is 5.32 Å². The van der Waals surface area contributed by atoms with Crippen LogP contribution in [0.25, 0.3) is 0 Å². The minimum absolute atomic E-state index is 0.505. The zero-order valence-corrected chi connectivity index (χ0v) is 12.7. The van der Waals surface area contributed by atoms with E-state index in [9.17, 15) is 0 Å². The van der Waals surface area contributed by atoms with Gasteiger partial charge in [0.15, 0.2) is 0 Å². The van der Waals surface area contributed by atoms with Crippen molar-refractivity contribution >= 4 is 0 Å². The molecule has 0 aromatic heterocycles. The summed E-state index contributed by atoms with van der Waals surface area (Å²) in [5, 5.41) is 3.55. The van der Waals surface area contributed by atoms with Crippen molar-refractivity contribution in [3.05, 3.63) is 34.9 Å². The molecule has 0 aliphatic rings. The zero-order valence-electron chi connectivity index (χ0n) is 12.7. The maximum Gasteiger partial charge on any atom is 0.0348 e. The third kappa shape index (κ3) is 3.84. The van der Waals surface area contributed by atoms with Crippen LogP contribution in [0.5, 0.6) is 0 Å². The summed E-state index contributed by atoms with van der Waals surface area (Å²) in [6.07, 6.45) is 5.17. The van der Waals surface area contributed by atoms with Crippen molar-refractivity contribution in [3.8, 4) is 0 Å². The number of hydrogen-bond donors (Lipinski definition) is 1. The van der Waals surface area contributed by atoms with E-state index in [1.54, 1.807) is 0 Å². The van der Waals surface area contributed by atoms with Gasteiger partial charge >= 0.3 is 0 Å². The summed E-state index contributed by atoms with van der Waals surface area (Å²) in [6.45, 7) is 8.98. The molecule has 0 aliphatic heterocycles. The van der Waals surface area contributed by atoms with Crippen molar-refractivity contribution in [2.75, 3.05) is 7.05 Å². The molecule has 1 unspecified atom stereocenters. The molecule has 0 spiro atoms. The van der Waals surface area contributed by atoms with Crippen LogP contribution in [-0.4, -0.2) is 7.05 Å². The Hall–Kier alpha value is -0.820. The summed E-state index contributed by atoms with van der Waals surface area (Å²) in [6, 6.07) is 7.35. The molecule has 18 heavy (non-hydrogen) atoms. The molecule has 102 valence electrons. The zero-order chi connectivity index (χ0) is 13.5. The van der Waals surface area contributed by atoms with E-state index in [-0.39, 0.29) is 0 Å². The topological polar surface area (TPSA) is 12.0 Å². The molecule has 1 aromatic rings. The largest absolute Gasteiger partial charge is 0.313 e. The lowest BCUT2D eigenvalue weighted by atomic mass is 9.84. The van der Waals surface area contributed by atoms with E-state index in [0.29, 0.717) is 6.04 Å². The minimum atomic E-state index is 0.505. The van der Waals surface area contributed by atoms with Gasteiger partial charge in [-0.2, -0.15) is 0 Å². The average molecular weight is 247 g/mol. The third-order valence-corrected chi connectivity index (χ3v) is 3.86. The Balaban J connectivity index is 2.98. The van der Waals surface area contributed by atoms with Crippen LogP contribution in [0.15, 0.2) is 18.2 Å². The van der Waals surface area contributed by atoms with Gasteiger partial charge in [0, 0.05) is 6.04 Å². The second-order valence-electron chi connectivity index (χ2n) is 5.46. The van der Waals surface area contributed by atoms with Crippen LogP contribution in [0.3, 0.4) is 0 Å². The molecule has 0 fully saturated rings. The average Bonchev–Trinajstić information content (AvgIpc) is 2.33. The SMILES string of the molecule is CCCC(CCC)C(NC)c1ccc(C)cc1C. The first-order valence-electron chi connectivity index (χ1n) is 7.38. The van der Waals surface area contributed by atoms with E-state index in [1.807, 2.05) is 0 Å². The molecule has 1 nitrogen and oxygen atoms in total. The van der Waals surface area contributed by atoms with Gasteiger partial charge in [0.25, 0.3) is 0 Å². The molecule has 0 saturated heterocycles. The predicted molar refractivity (Wildman–Crippen MR) is 81.0 cm³/mol. The molecule has 1 aromatic carbocycles. The van der Waals surface area contributed by atoms with Gasteiger partial charge in [0.05, 0.1) is 0 Å². The summed E-state index contributed by atoms with van der Waals surface area (Å²) in [4.78, 5) is 0. The lowest BCUT2D eigenvalue weighted by Crippen LogP contribution is -2.26. The van der Waals surface area contributed by atoms with Crippen LogP contribution in [0, 0.1) is 19.8 Å². The highest BCUT2D eigenvalue weighted by molar-refractivity contribution is 5.33. The highest BCUT2D eigenvalue weighted by atomic mass is 14.9. The van der Waals surface area contributed by atoms with Crippen molar-refractivity contribution in [2.24, 2.45) is 5.92 Å². The monoisotopic (exact) mass is 247 g/mol. The van der Waals surface area contributed by atoms with Crippen LogP contribution in [0.4, 0.5) is 0 Å². The molecule has 0 amide bonds. The molecule has 1 N–H and O–H groups in total. The van der Waals surface area contributed by atoms with E-state index in [2.05, 4.69) is 58.3 Å². The molecule has 1 heteroatoms. The third-order valence-electron chi connectivity index (χ3n) is 3.86. The predicted octanol–water partition coefficient (Wildman–Crippen LogP) is 4.78. The van der Waals surface area contributed by atoms with E-state index < -0.39 is 0 Å². The van der Waals surface area contributed by atoms with Gasteiger partial charge in [-0.15, -0.1) is 0 Å². The number of benzene rings is 1. The minimum Gasteiger partial charge on any atom is -0.313 e. The summed E-state index contributed by atoms with van der Waals surface area (Å²) in [5.74, 6) is 0.756. The fourth-order valence-electron chi connectivity index (χ4n) is 3.04. The second-order valence-corrected chi connectivity index (χ2v) is 5.46. The highest BCUT2D eigenvalue weighted by Crippen LogP contribution is 2.31. The molecule has 0 radical (unpaired) electrons. The Morgan fingerprint density at radius 3 is 2.11 bits per heavy atom. The quantitative estimate of drug-likeness (QED) is 0.731. The van der Waals surface area contributed by atoms with Gasteiger partial charge in [-0.3, -0.25) is 0 Å². The van der Waals surface area contributed by atoms with E-state index in [1.165, 1.54) is 42.4 Å². The van der Waals surface area contributed by atoms with Gasteiger partial charge < -0.3 is 5.32 Å². The highest BCUT2D eigenvalue weighted by Gasteiger charge is 2.21. The van der Waals surface area contributed by atoms with Crippen LogP contribution in [0.2, 0.25) is 0 Å². The molecule has 0 saturated carbocycles. The molecule has 1 atom stereocenters. The van der Waals surface area contributed by atoms with Crippen LogP contribution < -0.4 is 5.32 Å². The smallest absolute Gasteiger partial charge is 0.0348 e. The van der Waals surface area contributed by atoms with Gasteiger partial charge in [-0.1, -0.05) is 50.5 Å². The summed E-state index contributed by atoms with van der Waals surface area (Å²) >= 11 is 0. The number of aryl methyl sites for hydroxylation is 2. The Labute approximate surface area is 113 Å². The molecule has 0 bridgehead atoms. The lowest BCUT2D eigenvalue weighted by molar-refractivity contribution is 0.330. The number of rotatable bonds is 7. The van der Waals surface area contributed by atoms with Crippen molar-refractivity contribution in [2.45, 2.75) is 59.4 Å². The maximum absolute atomic E-state index is 3.55. The van der Waals surface area contributed by atoms with Crippen molar-refractivity contribution in [1.29, 1.82) is 0 Å². The van der Waals surface area contributed by atoms with E-state index in [4.69, 9.17) is 0 Å². The van der Waals surface area contributed by atoms with Crippen molar-refractivity contribution in [3.63, 3.8) is 0 Å². The summed E-state index contributed by atoms with van der Waals surface area (Å²) < 4.78 is 0. The fraction of sp³-hybridized carbons (Fsp3) is 0.647. The van der Waals surface area contributed by atoms with Gasteiger partial charge in [-0.25, -0.2) is 0 Å². The van der Waals surface area contributed by atoms with Gasteiger partial charge in [0.2, 0.25) is 0 Å². The Kier molecular flexibility index (Phi) is 6.42. The Bertz CT molecular complexity index is 351. The maximum atomic E-state index is 3.55. The van der Waals surface area contributed by atoms with Crippen LogP contribution in [-0.2, 0) is 0 Å². The fourth-order valence-corrected chi connectivity index (χ4v) is 3.04. The molecular formula is C17H29N. The lowest BCUT2D eigenvalue weighted by Gasteiger charge is -2.28. The van der Waals surface area contributed by atoms with Crippen molar-refractivity contribution < 1.29 is 0 Å². The molecular weight excluding hydrogens is 218 g/mol. The Morgan fingerprint density at radius 1 is 1.06 bits per heavy atom. The molecule has 0 aliphatic carbocycles. The summed E-state index contributed by atoms with van der Waals surface area (Å²) in [5.41, 5.74) is 4.26. The first-order chi connectivity index (χ1) is 8.63. The standard InChI is InChI=1S/C17H29N/c1-6-8-15(9-7-2)17(18-5)16-11-10-13(3)12-14(16)4/h10-12,15,17-18H,6-9H2,1-5H3. The number of hydrogen-bond acceptors (Lipinski definition) is 1. The first-order valence-corrected chi connectivity index (χ1v) is 7.38. The van der Waals surface area contributed by atoms with E-state index >= 15 is 0 Å². The molecule has 0 heterocycles. The van der Waals surface area contributed by atoms with Gasteiger partial charge in [0.1, 0.15) is 0 Å². The Morgan fingerprint density at radius 2 is 1.67 bits per heavy atom. The van der Waals surface area contributed by atoms with E-state index in [0.717, 1.165) is 5.92 Å². The summed E-state index contributed by atoms with van der Waals surface area (Å²) in [7, 11) is 2.10. The van der Waals surface area contributed by atoms with Crippen LogP contribution in [0.1, 0.15) is 62.3 Å². The van der Waals surface area contributed by atoms with Crippen LogP contribution >= 0.6 is 0 Å². The first kappa shape index (κ1) is 15.2. The van der Waals surface area contributed by atoms with Gasteiger partial charge in [-0.05, 0) is 50.8 Å². The second kappa shape index (κ2) is 7.58. The molecule has 1 rings (SSSR count). The number of nitrogens with one attached hydrogen (secondary N) is 1.